The highest BCUT2D eigenvalue weighted by atomic mass is 32.2. The number of likely N-dealkylation sites (tertiary alicyclic amines) is 1. The van der Waals surface area contributed by atoms with E-state index < -0.39 is 18.0 Å². The molecular weight excluding hydrogens is 502 g/mol. The highest BCUT2D eigenvalue weighted by molar-refractivity contribution is 7.98. The fraction of sp³-hybridized carbons (Fsp3) is 0.333. The molecule has 3 aromatic carbocycles. The first-order valence-electron chi connectivity index (χ1n) is 12.5. The number of amides is 1. The van der Waals surface area contributed by atoms with Crippen LogP contribution in [-0.2, 0) is 6.42 Å². The van der Waals surface area contributed by atoms with Crippen LogP contribution in [0.3, 0.4) is 0 Å². The number of carbonyl (C=O) groups is 2. The minimum absolute atomic E-state index is 0.0105. The third kappa shape index (κ3) is 6.75. The number of ketones is 1. The third-order valence-electron chi connectivity index (χ3n) is 6.78. The first kappa shape index (κ1) is 27.7. The minimum atomic E-state index is -1.63. The van der Waals surface area contributed by atoms with E-state index in [9.17, 15) is 19.8 Å². The number of aliphatic hydroxyl groups excluding tert-OH is 1. The fourth-order valence-electron chi connectivity index (χ4n) is 4.50. The molecule has 3 aromatic rings. The number of para-hydroxylation sites is 1. The van der Waals surface area contributed by atoms with Crippen LogP contribution in [-0.4, -0.2) is 58.2 Å². The van der Waals surface area contributed by atoms with E-state index in [0.29, 0.717) is 30.0 Å². The van der Waals surface area contributed by atoms with E-state index >= 15 is 0 Å². The maximum absolute atomic E-state index is 13.6. The van der Waals surface area contributed by atoms with Crippen LogP contribution < -0.4 is 9.47 Å². The zero-order chi connectivity index (χ0) is 27.3. The predicted octanol–water partition coefficient (Wildman–Crippen LogP) is 5.05. The molecule has 38 heavy (non-hydrogen) atoms. The van der Waals surface area contributed by atoms with Crippen molar-refractivity contribution in [3.63, 3.8) is 0 Å². The second-order valence-corrected chi connectivity index (χ2v) is 10.9. The number of hydrogen-bond acceptors (Lipinski definition) is 7. The van der Waals surface area contributed by atoms with Gasteiger partial charge in [-0.25, -0.2) is 4.79 Å². The van der Waals surface area contributed by atoms with Crippen LogP contribution in [0, 0.1) is 11.8 Å². The molecule has 0 aromatic heterocycles. The van der Waals surface area contributed by atoms with Crippen LogP contribution in [0.2, 0.25) is 0 Å². The number of Topliss-reactive ketones (excluding diaryl/α,β-unsaturated/α-hetero) is 1. The van der Waals surface area contributed by atoms with Gasteiger partial charge in [0.2, 0.25) is 0 Å². The van der Waals surface area contributed by atoms with Gasteiger partial charge in [-0.05, 0) is 74.4 Å². The van der Waals surface area contributed by atoms with Crippen molar-refractivity contribution < 1.29 is 29.3 Å². The maximum Gasteiger partial charge on any atom is 0.415 e. The van der Waals surface area contributed by atoms with Gasteiger partial charge in [0, 0.05) is 29.5 Å². The summed E-state index contributed by atoms with van der Waals surface area (Å²) < 4.78 is 11.3. The summed E-state index contributed by atoms with van der Waals surface area (Å²) in [6, 6.07) is 23.8. The van der Waals surface area contributed by atoms with Crippen molar-refractivity contribution >= 4 is 23.6 Å². The molecule has 1 saturated heterocycles. The van der Waals surface area contributed by atoms with Crippen molar-refractivity contribution in [3.05, 3.63) is 90.0 Å². The molecule has 0 radical (unpaired) electrons. The zero-order valence-corrected chi connectivity index (χ0v) is 22.6. The van der Waals surface area contributed by atoms with E-state index in [1.54, 1.807) is 66.9 Å². The first-order valence-corrected chi connectivity index (χ1v) is 13.7. The standard InChI is InChI=1S/C30H33NO6S/c1-30(2,28(33)34)37-24-13-9-20(10-14-24)17-22-18-31(29(35)36-23-7-5-4-6-8-23)19-26(22)27(32)21-11-15-25(38-3)16-12-21/h4-16,22,26,28,33-34H,17-19H2,1-3H3/t22-,26-/m0/s1. The van der Waals surface area contributed by atoms with Gasteiger partial charge < -0.3 is 24.6 Å². The monoisotopic (exact) mass is 535 g/mol. The second-order valence-electron chi connectivity index (χ2n) is 9.97. The Morgan fingerprint density at radius 3 is 2.21 bits per heavy atom. The van der Waals surface area contributed by atoms with Gasteiger partial charge in [-0.2, -0.15) is 0 Å². The van der Waals surface area contributed by atoms with Gasteiger partial charge in [-0.15, -0.1) is 11.8 Å². The fourth-order valence-corrected chi connectivity index (χ4v) is 4.91. The molecule has 8 heteroatoms. The molecule has 0 bridgehead atoms. The summed E-state index contributed by atoms with van der Waals surface area (Å²) >= 11 is 1.62. The number of nitrogens with zero attached hydrogens (tertiary/aromatic N) is 1. The molecule has 200 valence electrons. The van der Waals surface area contributed by atoms with E-state index in [2.05, 4.69) is 0 Å². The van der Waals surface area contributed by atoms with Crippen LogP contribution in [0.1, 0.15) is 29.8 Å². The molecule has 1 amide bonds. The SMILES string of the molecule is CSc1ccc(C(=O)[C@H]2CN(C(=O)Oc3ccccc3)C[C@@H]2Cc2ccc(OC(C)(C)C(O)O)cc2)cc1. The summed E-state index contributed by atoms with van der Waals surface area (Å²) in [7, 11) is 0. The number of benzene rings is 3. The third-order valence-corrected chi connectivity index (χ3v) is 7.53. The first-order chi connectivity index (χ1) is 18.2. The Morgan fingerprint density at radius 1 is 0.947 bits per heavy atom. The molecule has 1 fully saturated rings. The van der Waals surface area contributed by atoms with Gasteiger partial charge in [-0.3, -0.25) is 4.79 Å². The second kappa shape index (κ2) is 12.0. The lowest BCUT2D eigenvalue weighted by molar-refractivity contribution is -0.154. The molecule has 0 aliphatic carbocycles. The Hall–Kier alpha value is -3.33. The lowest BCUT2D eigenvalue weighted by Crippen LogP contribution is -2.41. The summed E-state index contributed by atoms with van der Waals surface area (Å²) in [4.78, 5) is 29.3. The van der Waals surface area contributed by atoms with E-state index in [0.717, 1.165) is 10.5 Å². The molecule has 1 heterocycles. The summed E-state index contributed by atoms with van der Waals surface area (Å²) in [5, 5.41) is 19.0. The molecule has 2 N–H and O–H groups in total. The maximum atomic E-state index is 13.6. The number of aliphatic hydroxyl groups is 2. The van der Waals surface area contributed by atoms with Crippen molar-refractivity contribution in [2.24, 2.45) is 11.8 Å². The van der Waals surface area contributed by atoms with Crippen LogP contribution in [0.25, 0.3) is 0 Å². The normalized spacial score (nSPS) is 17.5. The van der Waals surface area contributed by atoms with Crippen LogP contribution in [0.5, 0.6) is 11.5 Å². The van der Waals surface area contributed by atoms with Crippen molar-refractivity contribution in [2.45, 2.75) is 37.1 Å². The van der Waals surface area contributed by atoms with Crippen molar-refractivity contribution in [3.8, 4) is 11.5 Å². The van der Waals surface area contributed by atoms with Crippen LogP contribution in [0.15, 0.2) is 83.8 Å². The smallest absolute Gasteiger partial charge is 0.415 e. The van der Waals surface area contributed by atoms with Crippen molar-refractivity contribution in [2.75, 3.05) is 19.3 Å². The Bertz CT molecular complexity index is 1230. The molecule has 0 spiro atoms. The Morgan fingerprint density at radius 2 is 1.61 bits per heavy atom. The molecular formula is C30H33NO6S. The summed E-state index contributed by atoms with van der Waals surface area (Å²) in [6.45, 7) is 3.86. The van der Waals surface area contributed by atoms with E-state index in [1.807, 2.05) is 48.7 Å². The molecule has 2 atom stereocenters. The number of rotatable bonds is 9. The molecule has 4 rings (SSSR count). The zero-order valence-electron chi connectivity index (χ0n) is 21.7. The van der Waals surface area contributed by atoms with Gasteiger partial charge in [-0.1, -0.05) is 42.5 Å². The number of carbonyl (C=O) groups excluding carboxylic acids is 2. The number of ether oxygens (including phenoxy) is 2. The average molecular weight is 536 g/mol. The molecule has 1 aliphatic heterocycles. The Labute approximate surface area is 227 Å². The average Bonchev–Trinajstić information content (AvgIpc) is 3.33. The summed E-state index contributed by atoms with van der Waals surface area (Å²) in [5.74, 6) is 0.499. The number of thioether (sulfide) groups is 1. The number of hydrogen-bond donors (Lipinski definition) is 2. The lowest BCUT2D eigenvalue weighted by atomic mass is 9.84. The molecule has 0 unspecified atom stereocenters. The van der Waals surface area contributed by atoms with Gasteiger partial charge in [0.15, 0.2) is 17.7 Å². The largest absolute Gasteiger partial charge is 0.483 e. The lowest BCUT2D eigenvalue weighted by Gasteiger charge is -2.28. The summed E-state index contributed by atoms with van der Waals surface area (Å²) in [5.41, 5.74) is 0.457. The van der Waals surface area contributed by atoms with E-state index in [1.165, 1.54) is 0 Å². The van der Waals surface area contributed by atoms with Crippen molar-refractivity contribution in [1.29, 1.82) is 0 Å². The highest BCUT2D eigenvalue weighted by Gasteiger charge is 2.40. The predicted molar refractivity (Wildman–Crippen MR) is 147 cm³/mol. The van der Waals surface area contributed by atoms with Crippen LogP contribution in [0.4, 0.5) is 4.79 Å². The van der Waals surface area contributed by atoms with Gasteiger partial charge in [0.1, 0.15) is 11.5 Å². The van der Waals surface area contributed by atoms with E-state index in [4.69, 9.17) is 9.47 Å². The Balaban J connectivity index is 1.51. The van der Waals surface area contributed by atoms with Crippen molar-refractivity contribution in [1.82, 2.24) is 4.90 Å². The molecule has 1 aliphatic rings. The summed E-state index contributed by atoms with van der Waals surface area (Å²) in [6.07, 6.45) is 0.478. The van der Waals surface area contributed by atoms with E-state index in [-0.39, 0.29) is 24.2 Å². The highest BCUT2D eigenvalue weighted by Crippen LogP contribution is 2.32. The molecule has 0 saturated carbocycles. The van der Waals surface area contributed by atoms with Gasteiger partial charge in [0.05, 0.1) is 0 Å². The molecule has 7 nitrogen and oxygen atoms in total. The van der Waals surface area contributed by atoms with Gasteiger partial charge >= 0.3 is 6.09 Å². The Kier molecular flexibility index (Phi) is 8.76. The minimum Gasteiger partial charge on any atom is -0.483 e. The van der Waals surface area contributed by atoms with Gasteiger partial charge in [0.25, 0.3) is 0 Å². The quantitative estimate of drug-likeness (QED) is 0.225. The topological polar surface area (TPSA) is 96.3 Å². The van der Waals surface area contributed by atoms with Crippen LogP contribution >= 0.6 is 11.8 Å².